The van der Waals surface area contributed by atoms with E-state index in [1.165, 1.54) is 11.1 Å². The van der Waals surface area contributed by atoms with Gasteiger partial charge in [0.2, 0.25) is 0 Å². The van der Waals surface area contributed by atoms with E-state index in [0.717, 1.165) is 31.0 Å². The Hall–Kier alpha value is -1.27. The van der Waals surface area contributed by atoms with E-state index in [-0.39, 0.29) is 28.8 Å². The summed E-state index contributed by atoms with van der Waals surface area (Å²) in [6, 6.07) is 3.68. The summed E-state index contributed by atoms with van der Waals surface area (Å²) >= 11 is 15.2. The summed E-state index contributed by atoms with van der Waals surface area (Å²) in [6.07, 6.45) is 5.48. The Kier molecular flexibility index (Phi) is 6.60. The highest BCUT2D eigenvalue weighted by Gasteiger charge is 2.52. The van der Waals surface area contributed by atoms with E-state index in [1.54, 1.807) is 6.07 Å². The van der Waals surface area contributed by atoms with Crippen LogP contribution < -0.4 is 4.90 Å². The molecular weight excluding hydrogens is 464 g/mol. The number of carbonyl (C=O) groups is 1. The number of pyridine rings is 1. The fraction of sp³-hybridized carbons (Fsp3) is 0.579. The maximum Gasteiger partial charge on any atom is 0.258 e. The van der Waals surface area contributed by atoms with Crippen molar-refractivity contribution in [1.29, 1.82) is 5.26 Å². The van der Waals surface area contributed by atoms with Gasteiger partial charge in [0.05, 0.1) is 29.6 Å². The van der Waals surface area contributed by atoms with Crippen LogP contribution in [0, 0.1) is 11.3 Å². The van der Waals surface area contributed by atoms with Gasteiger partial charge in [-0.2, -0.15) is 5.26 Å². The molecule has 1 aromatic rings. The maximum absolute atomic E-state index is 13.2. The molecule has 28 heavy (non-hydrogen) atoms. The van der Waals surface area contributed by atoms with Gasteiger partial charge in [-0.05, 0) is 57.8 Å². The lowest BCUT2D eigenvalue weighted by Crippen LogP contribution is -2.51. The van der Waals surface area contributed by atoms with Crippen molar-refractivity contribution in [1.82, 2.24) is 9.88 Å². The number of halogens is 2. The number of alkyl halides is 1. The van der Waals surface area contributed by atoms with E-state index < -0.39 is 5.54 Å². The van der Waals surface area contributed by atoms with Crippen molar-refractivity contribution < 1.29 is 9.53 Å². The van der Waals surface area contributed by atoms with Gasteiger partial charge in [0.25, 0.3) is 5.91 Å². The molecule has 0 bridgehead atoms. The Morgan fingerprint density at radius 1 is 1.43 bits per heavy atom. The molecule has 1 saturated carbocycles. The molecular formula is C19H22BrClN4O2S. The average Bonchev–Trinajstić information content (AvgIpc) is 2.85. The third-order valence-corrected chi connectivity index (χ3v) is 6.35. The fourth-order valence-electron chi connectivity index (χ4n) is 3.96. The number of anilines is 1. The summed E-state index contributed by atoms with van der Waals surface area (Å²) in [6.45, 7) is 4.50. The van der Waals surface area contributed by atoms with E-state index >= 15 is 0 Å². The second-order valence-electron chi connectivity index (χ2n) is 7.48. The highest BCUT2D eigenvalue weighted by atomic mass is 79.9. The number of nitriles is 1. The number of carbonyl (C=O) groups excluding carboxylic acids is 1. The Morgan fingerprint density at radius 2 is 2.11 bits per heavy atom. The zero-order chi connectivity index (χ0) is 20.5. The molecule has 0 aromatic carbocycles. The third kappa shape index (κ3) is 3.90. The van der Waals surface area contributed by atoms with Crippen LogP contribution in [-0.2, 0) is 9.53 Å². The number of ether oxygens (including phenoxy) is 1. The van der Waals surface area contributed by atoms with Crippen LogP contribution in [0.4, 0.5) is 5.69 Å². The molecule has 1 aromatic heterocycles. The van der Waals surface area contributed by atoms with Crippen molar-refractivity contribution in [2.24, 2.45) is 0 Å². The van der Waals surface area contributed by atoms with Crippen LogP contribution in [0.25, 0.3) is 0 Å². The Labute approximate surface area is 183 Å². The summed E-state index contributed by atoms with van der Waals surface area (Å²) < 4.78 is 5.84. The predicted octanol–water partition coefficient (Wildman–Crippen LogP) is 4.04. The monoisotopic (exact) mass is 484 g/mol. The molecule has 1 aliphatic heterocycles. The number of rotatable bonds is 5. The minimum absolute atomic E-state index is 0.113. The molecule has 0 atom stereocenters. The van der Waals surface area contributed by atoms with Gasteiger partial charge in [0.15, 0.2) is 10.8 Å². The standard InChI is InChI=1S/C19H22BrClN4O2S/c1-19(2)17(26)24(13-9-15(21)16(10-22)23-11-13)18(28)25(19)12-3-5-14(6-4-12)27-8-7-20/h9,11-12,14H,3-8H2,1-2H3. The summed E-state index contributed by atoms with van der Waals surface area (Å²) in [5.74, 6) is -0.113. The molecule has 1 amide bonds. The van der Waals surface area contributed by atoms with Crippen LogP contribution >= 0.6 is 39.7 Å². The normalized spacial score (nSPS) is 24.5. The van der Waals surface area contributed by atoms with Gasteiger partial charge in [-0.1, -0.05) is 27.5 Å². The molecule has 2 aliphatic rings. The zero-order valence-corrected chi connectivity index (χ0v) is 19.0. The largest absolute Gasteiger partial charge is 0.377 e. The quantitative estimate of drug-likeness (QED) is 0.463. The first-order chi connectivity index (χ1) is 13.3. The van der Waals surface area contributed by atoms with Gasteiger partial charge < -0.3 is 9.64 Å². The Morgan fingerprint density at radius 3 is 2.68 bits per heavy atom. The van der Waals surface area contributed by atoms with E-state index in [9.17, 15) is 4.79 Å². The topological polar surface area (TPSA) is 69.5 Å². The lowest BCUT2D eigenvalue weighted by atomic mass is 9.89. The maximum atomic E-state index is 13.2. The molecule has 1 saturated heterocycles. The van der Waals surface area contributed by atoms with E-state index in [1.807, 2.05) is 19.9 Å². The highest BCUT2D eigenvalue weighted by molar-refractivity contribution is 9.09. The van der Waals surface area contributed by atoms with Gasteiger partial charge in [0.1, 0.15) is 11.6 Å². The van der Waals surface area contributed by atoms with Crippen LogP contribution in [-0.4, -0.2) is 50.5 Å². The number of hydrogen-bond donors (Lipinski definition) is 0. The minimum Gasteiger partial charge on any atom is -0.377 e. The molecule has 0 radical (unpaired) electrons. The Balaban J connectivity index is 1.81. The van der Waals surface area contributed by atoms with Crippen LogP contribution in [0.1, 0.15) is 45.2 Å². The second-order valence-corrected chi connectivity index (χ2v) is 9.04. The molecule has 0 spiro atoms. The van der Waals surface area contributed by atoms with E-state index in [2.05, 4.69) is 25.8 Å². The fourth-order valence-corrected chi connectivity index (χ4v) is 4.92. The molecule has 150 valence electrons. The van der Waals surface area contributed by atoms with Gasteiger partial charge >= 0.3 is 0 Å². The first-order valence-electron chi connectivity index (χ1n) is 9.22. The van der Waals surface area contributed by atoms with Crippen LogP contribution in [0.15, 0.2) is 12.3 Å². The second kappa shape index (κ2) is 8.62. The van der Waals surface area contributed by atoms with Gasteiger partial charge in [0, 0.05) is 11.4 Å². The molecule has 2 fully saturated rings. The van der Waals surface area contributed by atoms with Crippen LogP contribution in [0.5, 0.6) is 0 Å². The first kappa shape index (κ1) is 21.4. The van der Waals surface area contributed by atoms with Crippen molar-refractivity contribution in [3.05, 3.63) is 23.0 Å². The van der Waals surface area contributed by atoms with Gasteiger partial charge in [-0.25, -0.2) is 4.98 Å². The Bertz CT molecular complexity index is 821. The lowest BCUT2D eigenvalue weighted by molar-refractivity contribution is -0.124. The number of thiocarbonyl (C=S) groups is 1. The number of amides is 1. The minimum atomic E-state index is -0.758. The van der Waals surface area contributed by atoms with Gasteiger partial charge in [-0.3, -0.25) is 9.69 Å². The zero-order valence-electron chi connectivity index (χ0n) is 15.8. The molecule has 2 heterocycles. The van der Waals surface area contributed by atoms with Crippen LogP contribution in [0.2, 0.25) is 5.02 Å². The summed E-state index contributed by atoms with van der Waals surface area (Å²) in [4.78, 5) is 20.8. The lowest BCUT2D eigenvalue weighted by Gasteiger charge is -2.40. The van der Waals surface area contributed by atoms with Gasteiger partial charge in [-0.15, -0.1) is 0 Å². The predicted molar refractivity (Wildman–Crippen MR) is 116 cm³/mol. The van der Waals surface area contributed by atoms with Crippen molar-refractivity contribution in [3.63, 3.8) is 0 Å². The van der Waals surface area contributed by atoms with Crippen molar-refractivity contribution in [2.45, 2.75) is 57.2 Å². The van der Waals surface area contributed by atoms with Crippen molar-refractivity contribution >= 4 is 56.5 Å². The summed E-state index contributed by atoms with van der Waals surface area (Å²) in [7, 11) is 0. The molecule has 3 rings (SSSR count). The number of aromatic nitrogens is 1. The number of nitrogens with zero attached hydrogens (tertiary/aromatic N) is 4. The molecule has 0 unspecified atom stereocenters. The van der Waals surface area contributed by atoms with E-state index in [4.69, 9.17) is 33.8 Å². The smallest absolute Gasteiger partial charge is 0.258 e. The summed E-state index contributed by atoms with van der Waals surface area (Å²) in [5, 5.41) is 10.5. The molecule has 9 heteroatoms. The third-order valence-electron chi connectivity index (χ3n) is 5.36. The van der Waals surface area contributed by atoms with Crippen molar-refractivity contribution in [2.75, 3.05) is 16.8 Å². The SMILES string of the molecule is CC1(C)C(=O)N(c2cnc(C#N)c(Cl)c2)C(=S)N1C1CCC(OCCBr)CC1. The highest BCUT2D eigenvalue weighted by Crippen LogP contribution is 2.38. The summed E-state index contributed by atoms with van der Waals surface area (Å²) in [5.41, 5.74) is -0.143. The molecule has 6 nitrogen and oxygen atoms in total. The molecule has 1 aliphatic carbocycles. The van der Waals surface area contributed by atoms with Crippen LogP contribution in [0.3, 0.4) is 0 Å². The van der Waals surface area contributed by atoms with E-state index in [0.29, 0.717) is 17.4 Å². The molecule has 0 N–H and O–H groups in total. The average molecular weight is 486 g/mol. The first-order valence-corrected chi connectivity index (χ1v) is 11.1. The number of hydrogen-bond acceptors (Lipinski definition) is 5. The van der Waals surface area contributed by atoms with Crippen molar-refractivity contribution in [3.8, 4) is 6.07 Å².